The Bertz CT molecular complexity index is 586. The van der Waals surface area contributed by atoms with Crippen molar-refractivity contribution >= 4 is 11.9 Å². The molecule has 1 saturated heterocycles. The molecule has 2 N–H and O–H groups in total. The molecule has 0 aromatic heterocycles. The highest BCUT2D eigenvalue weighted by Gasteiger charge is 2.19. The van der Waals surface area contributed by atoms with E-state index in [0.29, 0.717) is 31.7 Å². The monoisotopic (exact) mass is 336 g/mol. The van der Waals surface area contributed by atoms with E-state index >= 15 is 0 Å². The number of carbonyl (C=O) groups is 2. The van der Waals surface area contributed by atoms with Crippen molar-refractivity contribution in [2.75, 3.05) is 45.8 Å². The highest BCUT2D eigenvalue weighted by atomic mass is 19.1. The van der Waals surface area contributed by atoms with Gasteiger partial charge in [0.15, 0.2) is 0 Å². The quantitative estimate of drug-likeness (QED) is 0.795. The number of piperazine rings is 1. The summed E-state index contributed by atoms with van der Waals surface area (Å²) in [5.74, 6) is -0.748. The van der Waals surface area contributed by atoms with E-state index in [4.69, 9.17) is 0 Å². The minimum atomic E-state index is -0.401. The van der Waals surface area contributed by atoms with Crippen LogP contribution in [0.2, 0.25) is 0 Å². The van der Waals surface area contributed by atoms with E-state index in [-0.39, 0.29) is 17.5 Å². The van der Waals surface area contributed by atoms with Gasteiger partial charge in [-0.3, -0.25) is 4.79 Å². The van der Waals surface area contributed by atoms with Gasteiger partial charge in [-0.2, -0.15) is 0 Å². The Morgan fingerprint density at radius 1 is 1.12 bits per heavy atom. The first-order valence-corrected chi connectivity index (χ1v) is 8.30. The van der Waals surface area contributed by atoms with Gasteiger partial charge in [0.1, 0.15) is 5.82 Å². The molecule has 0 unspecified atom stereocenters. The summed E-state index contributed by atoms with van der Waals surface area (Å²) in [4.78, 5) is 28.0. The highest BCUT2D eigenvalue weighted by molar-refractivity contribution is 5.94. The molecule has 1 aliphatic rings. The lowest BCUT2D eigenvalue weighted by molar-refractivity contribution is 0.0952. The van der Waals surface area contributed by atoms with Crippen LogP contribution in [0.1, 0.15) is 22.8 Å². The zero-order valence-electron chi connectivity index (χ0n) is 14.3. The van der Waals surface area contributed by atoms with Gasteiger partial charge in [-0.1, -0.05) is 13.0 Å². The number of nitrogens with one attached hydrogen (secondary N) is 2. The zero-order valence-corrected chi connectivity index (χ0v) is 14.3. The number of rotatable bonds is 5. The topological polar surface area (TPSA) is 64.7 Å². The summed E-state index contributed by atoms with van der Waals surface area (Å²) in [6.45, 7) is 8.61. The van der Waals surface area contributed by atoms with E-state index in [9.17, 15) is 14.0 Å². The van der Waals surface area contributed by atoms with Crippen LogP contribution in [-0.4, -0.2) is 67.6 Å². The van der Waals surface area contributed by atoms with E-state index in [1.54, 1.807) is 24.0 Å². The Kier molecular flexibility index (Phi) is 6.54. The van der Waals surface area contributed by atoms with Crippen LogP contribution >= 0.6 is 0 Å². The molecule has 7 heteroatoms. The number of halogens is 1. The fraction of sp³-hybridized carbons (Fsp3) is 0.529. The Morgan fingerprint density at radius 2 is 1.79 bits per heavy atom. The summed E-state index contributed by atoms with van der Waals surface area (Å²) in [5.41, 5.74) is 0.780. The lowest BCUT2D eigenvalue weighted by atomic mass is 10.1. The summed E-state index contributed by atoms with van der Waals surface area (Å²) >= 11 is 0. The number of hydrogen-bond donors (Lipinski definition) is 2. The number of hydrogen-bond acceptors (Lipinski definition) is 3. The van der Waals surface area contributed by atoms with E-state index in [1.807, 2.05) is 0 Å². The fourth-order valence-corrected chi connectivity index (χ4v) is 2.56. The molecule has 1 aromatic carbocycles. The van der Waals surface area contributed by atoms with Crippen molar-refractivity contribution < 1.29 is 14.0 Å². The maximum atomic E-state index is 13.4. The van der Waals surface area contributed by atoms with Crippen LogP contribution in [0.25, 0.3) is 0 Å². The smallest absolute Gasteiger partial charge is 0.317 e. The Labute approximate surface area is 142 Å². The predicted octanol–water partition coefficient (Wildman–Crippen LogP) is 1.21. The normalized spacial score (nSPS) is 15.2. The van der Waals surface area contributed by atoms with Crippen molar-refractivity contribution in [1.82, 2.24) is 20.4 Å². The van der Waals surface area contributed by atoms with Crippen LogP contribution in [0.15, 0.2) is 18.2 Å². The summed E-state index contributed by atoms with van der Waals surface area (Å²) in [7, 11) is 0. The molecule has 24 heavy (non-hydrogen) atoms. The molecule has 6 nitrogen and oxygen atoms in total. The summed E-state index contributed by atoms with van der Waals surface area (Å²) in [6, 6.07) is 4.26. The van der Waals surface area contributed by atoms with E-state index in [1.165, 1.54) is 6.07 Å². The first-order chi connectivity index (χ1) is 11.5. The molecule has 0 atom stereocenters. The molecule has 1 aliphatic heterocycles. The van der Waals surface area contributed by atoms with E-state index < -0.39 is 5.82 Å². The molecule has 0 saturated carbocycles. The number of urea groups is 1. The average Bonchev–Trinajstić information content (AvgIpc) is 2.60. The van der Waals surface area contributed by atoms with Crippen molar-refractivity contribution in [3.8, 4) is 0 Å². The van der Waals surface area contributed by atoms with Gasteiger partial charge in [-0.15, -0.1) is 0 Å². The third-order valence-electron chi connectivity index (χ3n) is 4.23. The first kappa shape index (κ1) is 18.2. The van der Waals surface area contributed by atoms with Crippen molar-refractivity contribution in [3.63, 3.8) is 0 Å². The van der Waals surface area contributed by atoms with Crippen molar-refractivity contribution in [2.45, 2.75) is 13.8 Å². The summed E-state index contributed by atoms with van der Waals surface area (Å²) in [5, 5.41) is 5.47. The fourth-order valence-electron chi connectivity index (χ4n) is 2.56. The van der Waals surface area contributed by atoms with Crippen LogP contribution in [0.4, 0.5) is 9.18 Å². The first-order valence-electron chi connectivity index (χ1n) is 8.30. The van der Waals surface area contributed by atoms with Crippen LogP contribution in [0, 0.1) is 12.7 Å². The standard InChI is InChI=1S/C17H25FN4O2/c1-3-21-8-10-22(11-9-21)17(24)20-7-6-19-16(23)14-5-4-13(2)15(18)12-14/h4-5,12H,3,6-11H2,1-2H3,(H,19,23)(H,20,24). The molecule has 0 bridgehead atoms. The second-order valence-corrected chi connectivity index (χ2v) is 5.87. The van der Waals surface area contributed by atoms with Crippen LogP contribution in [0.5, 0.6) is 0 Å². The van der Waals surface area contributed by atoms with Crippen LogP contribution in [-0.2, 0) is 0 Å². The van der Waals surface area contributed by atoms with Gasteiger partial charge in [0, 0.05) is 44.8 Å². The van der Waals surface area contributed by atoms with Gasteiger partial charge in [-0.25, -0.2) is 9.18 Å². The maximum Gasteiger partial charge on any atom is 0.317 e. The number of likely N-dealkylation sites (N-methyl/N-ethyl adjacent to an activating group) is 1. The summed E-state index contributed by atoms with van der Waals surface area (Å²) < 4.78 is 13.4. The molecule has 1 fully saturated rings. The second kappa shape index (κ2) is 8.63. The van der Waals surface area contributed by atoms with Crippen molar-refractivity contribution in [1.29, 1.82) is 0 Å². The van der Waals surface area contributed by atoms with Gasteiger partial charge in [0.05, 0.1) is 0 Å². The lowest BCUT2D eigenvalue weighted by Gasteiger charge is -2.34. The lowest BCUT2D eigenvalue weighted by Crippen LogP contribution is -2.52. The molecule has 0 aliphatic carbocycles. The molecule has 0 spiro atoms. The number of nitrogens with zero attached hydrogens (tertiary/aromatic N) is 2. The highest BCUT2D eigenvalue weighted by Crippen LogP contribution is 2.08. The SMILES string of the molecule is CCN1CCN(C(=O)NCCNC(=O)c2ccc(C)c(F)c2)CC1. The average molecular weight is 336 g/mol. The molecular formula is C17H25FN4O2. The number of aryl methyl sites for hydroxylation is 1. The minimum Gasteiger partial charge on any atom is -0.350 e. The minimum absolute atomic E-state index is 0.110. The van der Waals surface area contributed by atoms with Crippen molar-refractivity contribution in [2.24, 2.45) is 0 Å². The maximum absolute atomic E-state index is 13.4. The largest absolute Gasteiger partial charge is 0.350 e. The van der Waals surface area contributed by atoms with E-state index in [2.05, 4.69) is 22.5 Å². The Balaban J connectivity index is 1.68. The molecular weight excluding hydrogens is 311 g/mol. The van der Waals surface area contributed by atoms with Gasteiger partial charge >= 0.3 is 6.03 Å². The van der Waals surface area contributed by atoms with Gasteiger partial charge < -0.3 is 20.4 Å². The Morgan fingerprint density at radius 3 is 2.42 bits per heavy atom. The number of amides is 3. The van der Waals surface area contributed by atoms with Crippen molar-refractivity contribution in [3.05, 3.63) is 35.1 Å². The van der Waals surface area contributed by atoms with Crippen LogP contribution < -0.4 is 10.6 Å². The summed E-state index contributed by atoms with van der Waals surface area (Å²) in [6.07, 6.45) is 0. The molecule has 1 aromatic rings. The Hall–Kier alpha value is -2.15. The third kappa shape index (κ3) is 4.92. The number of carbonyl (C=O) groups excluding carboxylic acids is 2. The molecule has 2 rings (SSSR count). The molecule has 0 radical (unpaired) electrons. The van der Waals surface area contributed by atoms with E-state index in [0.717, 1.165) is 19.6 Å². The van der Waals surface area contributed by atoms with Gasteiger partial charge in [-0.05, 0) is 31.2 Å². The number of benzene rings is 1. The predicted molar refractivity (Wildman–Crippen MR) is 90.6 cm³/mol. The molecule has 132 valence electrons. The second-order valence-electron chi connectivity index (χ2n) is 5.87. The molecule has 1 heterocycles. The zero-order chi connectivity index (χ0) is 17.5. The third-order valence-corrected chi connectivity index (χ3v) is 4.23. The van der Waals surface area contributed by atoms with Crippen LogP contribution in [0.3, 0.4) is 0 Å². The van der Waals surface area contributed by atoms with Gasteiger partial charge in [0.25, 0.3) is 5.91 Å². The molecule has 3 amide bonds. The van der Waals surface area contributed by atoms with Gasteiger partial charge in [0.2, 0.25) is 0 Å².